The van der Waals surface area contributed by atoms with Crippen LogP contribution in [-0.4, -0.2) is 86.9 Å². The summed E-state index contributed by atoms with van der Waals surface area (Å²) in [5, 5.41) is 0.228. The molecule has 3 atom stereocenters. The fraction of sp³-hybridized carbons (Fsp3) is 0.615. The lowest BCUT2D eigenvalue weighted by Gasteiger charge is -2.47. The highest BCUT2D eigenvalue weighted by Crippen LogP contribution is 2.43. The third-order valence-corrected chi connectivity index (χ3v) is 8.23. The number of hydrogen-bond acceptors (Lipinski definition) is 8. The van der Waals surface area contributed by atoms with E-state index < -0.39 is 11.4 Å². The normalized spacial score (nSPS) is 27.4. The summed E-state index contributed by atoms with van der Waals surface area (Å²) in [5.41, 5.74) is 0.637. The maximum Gasteiger partial charge on any atom is 0.410 e. The van der Waals surface area contributed by atoms with Crippen molar-refractivity contribution in [2.45, 2.75) is 69.7 Å². The Labute approximate surface area is 220 Å². The Morgan fingerprint density at radius 1 is 1.27 bits per heavy atom. The quantitative estimate of drug-likeness (QED) is 0.430. The first kappa shape index (κ1) is 24.6. The van der Waals surface area contributed by atoms with Crippen LogP contribution in [0.2, 0.25) is 5.15 Å². The van der Waals surface area contributed by atoms with Gasteiger partial charge in [0, 0.05) is 32.4 Å². The average molecular weight is 531 g/mol. The Bertz CT molecular complexity index is 1270. The molecule has 1 amide bonds. The molecule has 0 radical (unpaired) electrons. The molecule has 0 spiro atoms. The molecule has 4 fully saturated rings. The number of halogens is 2. The van der Waals surface area contributed by atoms with Crippen LogP contribution in [0.5, 0.6) is 6.01 Å². The van der Waals surface area contributed by atoms with Gasteiger partial charge in [0.1, 0.15) is 23.5 Å². The number of ether oxygens (including phenoxy) is 2. The first-order valence-electron chi connectivity index (χ1n) is 12.9. The van der Waals surface area contributed by atoms with Gasteiger partial charge in [-0.3, -0.25) is 9.80 Å². The molecule has 37 heavy (non-hydrogen) atoms. The number of rotatable bonds is 4. The number of piperazine rings is 1. The molecule has 2 bridgehead atoms. The third kappa shape index (κ3) is 4.27. The molecule has 0 N–H and O–H groups in total. The van der Waals surface area contributed by atoms with Crippen molar-refractivity contribution in [3.8, 4) is 6.01 Å². The number of anilines is 1. The van der Waals surface area contributed by atoms with E-state index in [0.717, 1.165) is 38.8 Å². The van der Waals surface area contributed by atoms with Gasteiger partial charge in [-0.1, -0.05) is 23.8 Å². The lowest BCUT2D eigenvalue weighted by atomic mass is 9.85. The molecule has 0 saturated carbocycles. The van der Waals surface area contributed by atoms with Gasteiger partial charge in [0.15, 0.2) is 11.0 Å². The van der Waals surface area contributed by atoms with Crippen LogP contribution in [0.3, 0.4) is 0 Å². The van der Waals surface area contributed by atoms with Gasteiger partial charge in [-0.2, -0.15) is 9.97 Å². The number of aromatic nitrogens is 3. The van der Waals surface area contributed by atoms with Gasteiger partial charge in [-0.05, 0) is 46.5 Å². The van der Waals surface area contributed by atoms with Crippen molar-refractivity contribution in [1.82, 2.24) is 24.8 Å². The lowest BCUT2D eigenvalue weighted by Crippen LogP contribution is -2.59. The van der Waals surface area contributed by atoms with Crippen LogP contribution in [0.1, 0.15) is 46.5 Å². The van der Waals surface area contributed by atoms with E-state index in [1.807, 2.05) is 25.7 Å². The van der Waals surface area contributed by atoms with Crippen molar-refractivity contribution in [1.29, 1.82) is 0 Å². The van der Waals surface area contributed by atoms with Gasteiger partial charge in [0.25, 0.3) is 0 Å². The van der Waals surface area contributed by atoms with Gasteiger partial charge in [-0.15, -0.1) is 0 Å². The predicted molar refractivity (Wildman–Crippen MR) is 138 cm³/mol. The summed E-state index contributed by atoms with van der Waals surface area (Å²) in [5.74, 6) is -0.150. The number of nitrogens with zero attached hydrogens (tertiary/aromatic N) is 6. The standard InChI is InChI=1S/C26H32ClFN6O3/c1-15-9-26(7-8-33(26)11-15)14-36-23-30-20-18(10-29-21(27)19(20)28)22(31-23)32-12-16-5-6-17(13-32)34(16)24(35)37-25(2,3)4/h10,16-17H,1,5-9,11-14H2,2-4H3. The second kappa shape index (κ2) is 8.66. The maximum atomic E-state index is 15.1. The topological polar surface area (TPSA) is 83.9 Å². The summed E-state index contributed by atoms with van der Waals surface area (Å²) in [7, 11) is 0. The minimum absolute atomic E-state index is 0.0278. The Kier molecular flexibility index (Phi) is 5.76. The second-order valence-electron chi connectivity index (χ2n) is 11.7. The highest BCUT2D eigenvalue weighted by Gasteiger charge is 2.50. The summed E-state index contributed by atoms with van der Waals surface area (Å²) in [6.07, 6.45) is 4.86. The van der Waals surface area contributed by atoms with Crippen molar-refractivity contribution >= 4 is 34.4 Å². The molecule has 9 nitrogen and oxygen atoms in total. The molecule has 4 saturated heterocycles. The van der Waals surface area contributed by atoms with Crippen molar-refractivity contribution < 1.29 is 18.7 Å². The largest absolute Gasteiger partial charge is 0.461 e. The zero-order valence-electron chi connectivity index (χ0n) is 21.5. The highest BCUT2D eigenvalue weighted by atomic mass is 35.5. The van der Waals surface area contributed by atoms with Crippen LogP contribution in [0, 0.1) is 5.82 Å². The second-order valence-corrected chi connectivity index (χ2v) is 12.1. The minimum Gasteiger partial charge on any atom is -0.461 e. The van der Waals surface area contributed by atoms with Gasteiger partial charge >= 0.3 is 12.1 Å². The summed E-state index contributed by atoms with van der Waals surface area (Å²) in [6, 6.07) is 0.0596. The molecular formula is C26H32ClFN6O3. The number of fused-ring (bicyclic) bond motifs is 4. The number of carbonyl (C=O) groups is 1. The van der Waals surface area contributed by atoms with E-state index in [4.69, 9.17) is 26.1 Å². The number of amides is 1. The molecule has 2 aromatic heterocycles. The molecule has 4 aliphatic heterocycles. The van der Waals surface area contributed by atoms with E-state index in [1.54, 1.807) is 0 Å². The van der Waals surface area contributed by atoms with Crippen LogP contribution in [0.4, 0.5) is 15.0 Å². The molecule has 0 aliphatic carbocycles. The summed E-state index contributed by atoms with van der Waals surface area (Å²) in [4.78, 5) is 32.4. The first-order chi connectivity index (χ1) is 17.5. The Balaban J connectivity index is 1.29. The predicted octanol–water partition coefficient (Wildman–Crippen LogP) is 4.19. The van der Waals surface area contributed by atoms with Gasteiger partial charge in [0.05, 0.1) is 23.0 Å². The minimum atomic E-state index is -0.694. The monoisotopic (exact) mass is 530 g/mol. The van der Waals surface area contributed by atoms with E-state index in [1.165, 1.54) is 11.8 Å². The molecule has 6 rings (SSSR count). The summed E-state index contributed by atoms with van der Waals surface area (Å²) >= 11 is 6.01. The number of carbonyl (C=O) groups excluding carboxylic acids is 1. The van der Waals surface area contributed by atoms with Crippen LogP contribution in [0.25, 0.3) is 10.9 Å². The van der Waals surface area contributed by atoms with Crippen LogP contribution >= 0.6 is 11.6 Å². The summed E-state index contributed by atoms with van der Waals surface area (Å²) in [6.45, 7) is 13.2. The third-order valence-electron chi connectivity index (χ3n) is 7.97. The van der Waals surface area contributed by atoms with Crippen molar-refractivity contribution in [2.24, 2.45) is 0 Å². The van der Waals surface area contributed by atoms with E-state index in [-0.39, 0.29) is 40.4 Å². The molecular weight excluding hydrogens is 499 g/mol. The van der Waals surface area contributed by atoms with Gasteiger partial charge in [-0.25, -0.2) is 14.2 Å². The number of pyridine rings is 1. The van der Waals surface area contributed by atoms with Gasteiger partial charge < -0.3 is 14.4 Å². The summed E-state index contributed by atoms with van der Waals surface area (Å²) < 4.78 is 26.9. The smallest absolute Gasteiger partial charge is 0.410 e. The van der Waals surface area contributed by atoms with Crippen LogP contribution in [0.15, 0.2) is 18.3 Å². The maximum absolute atomic E-state index is 15.1. The van der Waals surface area contributed by atoms with Gasteiger partial charge in [0.2, 0.25) is 0 Å². The van der Waals surface area contributed by atoms with Crippen molar-refractivity contribution in [2.75, 3.05) is 37.7 Å². The number of hydrogen-bond donors (Lipinski definition) is 0. The molecule has 3 unspecified atom stereocenters. The van der Waals surface area contributed by atoms with E-state index in [9.17, 15) is 4.79 Å². The Morgan fingerprint density at radius 3 is 2.62 bits per heavy atom. The first-order valence-corrected chi connectivity index (χ1v) is 13.2. The molecule has 0 aromatic carbocycles. The molecule has 6 heterocycles. The Hall–Kier alpha value is -2.72. The SMILES string of the molecule is C=C1CN2CCC2(COc2nc(N3CC4CCC(C3)N4C(=O)OC(C)(C)C)c3cnc(Cl)c(F)c3n2)C1. The fourth-order valence-electron chi connectivity index (χ4n) is 6.23. The molecule has 2 aromatic rings. The van der Waals surface area contributed by atoms with E-state index in [2.05, 4.69) is 26.3 Å². The van der Waals surface area contributed by atoms with Crippen LogP contribution < -0.4 is 9.64 Å². The lowest BCUT2D eigenvalue weighted by molar-refractivity contribution is -0.0132. The molecule has 11 heteroatoms. The van der Waals surface area contributed by atoms with E-state index in [0.29, 0.717) is 30.9 Å². The zero-order valence-corrected chi connectivity index (χ0v) is 22.2. The van der Waals surface area contributed by atoms with E-state index >= 15 is 4.39 Å². The fourth-order valence-corrected chi connectivity index (χ4v) is 6.37. The zero-order chi connectivity index (χ0) is 26.1. The van der Waals surface area contributed by atoms with Crippen LogP contribution in [-0.2, 0) is 4.74 Å². The average Bonchev–Trinajstić information content (AvgIpc) is 3.22. The highest BCUT2D eigenvalue weighted by molar-refractivity contribution is 6.30. The Morgan fingerprint density at radius 2 is 2.00 bits per heavy atom. The van der Waals surface area contributed by atoms with Crippen molar-refractivity contribution in [3.05, 3.63) is 29.3 Å². The molecule has 4 aliphatic rings. The van der Waals surface area contributed by atoms with Crippen molar-refractivity contribution in [3.63, 3.8) is 0 Å². The molecule has 198 valence electrons.